The Kier molecular flexibility index (Phi) is 4.42. The number of para-hydroxylation sites is 2. The minimum Gasteiger partial charge on any atom is -0.454 e. The normalized spacial score (nSPS) is 11.2. The van der Waals surface area contributed by atoms with Crippen molar-refractivity contribution in [3.63, 3.8) is 0 Å². The van der Waals surface area contributed by atoms with Crippen molar-refractivity contribution in [1.82, 2.24) is 0 Å². The number of hydrogen-bond donors (Lipinski definition) is 1. The van der Waals surface area contributed by atoms with Gasteiger partial charge in [-0.25, -0.2) is 8.42 Å². The van der Waals surface area contributed by atoms with E-state index in [4.69, 9.17) is 27.9 Å². The second-order valence-electron chi connectivity index (χ2n) is 4.05. The largest absolute Gasteiger partial charge is 0.454 e. The van der Waals surface area contributed by atoms with Crippen LogP contribution < -0.4 is 9.46 Å². The third-order valence-electron chi connectivity index (χ3n) is 2.30. The first-order valence-corrected chi connectivity index (χ1v) is 8.19. The summed E-state index contributed by atoms with van der Waals surface area (Å²) in [5.41, 5.74) is 0.334. The van der Waals surface area contributed by atoms with Crippen molar-refractivity contribution in [2.45, 2.75) is 0 Å². The van der Waals surface area contributed by atoms with Gasteiger partial charge in [-0.2, -0.15) is 0 Å². The van der Waals surface area contributed by atoms with Crippen LogP contribution in [0.2, 0.25) is 10.0 Å². The van der Waals surface area contributed by atoms with Crippen LogP contribution in [0.15, 0.2) is 42.5 Å². The maximum Gasteiger partial charge on any atom is 0.229 e. The van der Waals surface area contributed by atoms with E-state index in [9.17, 15) is 8.42 Å². The molecule has 0 spiro atoms. The van der Waals surface area contributed by atoms with E-state index >= 15 is 0 Å². The molecule has 0 radical (unpaired) electrons. The predicted octanol–water partition coefficient (Wildman–Crippen LogP) is 4.16. The van der Waals surface area contributed by atoms with Crippen molar-refractivity contribution in [1.29, 1.82) is 0 Å². The molecule has 0 atom stereocenters. The van der Waals surface area contributed by atoms with Crippen molar-refractivity contribution in [3.05, 3.63) is 52.5 Å². The minimum absolute atomic E-state index is 0.334. The van der Waals surface area contributed by atoms with E-state index in [0.29, 0.717) is 27.2 Å². The average Bonchev–Trinajstić information content (AvgIpc) is 2.33. The summed E-state index contributed by atoms with van der Waals surface area (Å²) in [6.07, 6.45) is 1.07. The zero-order valence-corrected chi connectivity index (χ0v) is 12.8. The summed E-state index contributed by atoms with van der Waals surface area (Å²) in [4.78, 5) is 0. The minimum atomic E-state index is -3.39. The lowest BCUT2D eigenvalue weighted by Gasteiger charge is -2.12. The molecule has 2 aromatic rings. The molecule has 0 unspecified atom stereocenters. The van der Waals surface area contributed by atoms with Gasteiger partial charge in [-0.15, -0.1) is 0 Å². The Balaban J connectivity index is 2.34. The smallest absolute Gasteiger partial charge is 0.229 e. The average molecular weight is 332 g/mol. The standard InChI is InChI=1S/C13H11Cl2NO3S/c1-20(17,18)16-11-4-2-3-5-13(11)19-12-7-6-9(14)8-10(12)15/h2-8,16H,1H3. The molecule has 0 aliphatic carbocycles. The first kappa shape index (κ1) is 15.0. The lowest BCUT2D eigenvalue weighted by atomic mass is 10.3. The first-order chi connectivity index (χ1) is 9.35. The fraction of sp³-hybridized carbons (Fsp3) is 0.0769. The molecule has 106 valence electrons. The lowest BCUT2D eigenvalue weighted by Crippen LogP contribution is -2.10. The van der Waals surface area contributed by atoms with Crippen molar-refractivity contribution in [3.8, 4) is 11.5 Å². The summed E-state index contributed by atoms with van der Waals surface area (Å²) in [5.74, 6) is 0.737. The Hall–Kier alpha value is -1.43. The number of anilines is 1. The predicted molar refractivity (Wildman–Crippen MR) is 81.4 cm³/mol. The summed E-state index contributed by atoms with van der Waals surface area (Å²) < 4.78 is 30.6. The zero-order valence-electron chi connectivity index (χ0n) is 10.4. The monoisotopic (exact) mass is 331 g/mol. The molecule has 0 aromatic heterocycles. The van der Waals surface area contributed by atoms with Gasteiger partial charge < -0.3 is 4.74 Å². The SMILES string of the molecule is CS(=O)(=O)Nc1ccccc1Oc1ccc(Cl)cc1Cl. The van der Waals surface area contributed by atoms with Crippen LogP contribution in [-0.4, -0.2) is 14.7 Å². The molecule has 0 bridgehead atoms. The van der Waals surface area contributed by atoms with E-state index in [1.807, 2.05) is 0 Å². The fourth-order valence-electron chi connectivity index (χ4n) is 1.52. The van der Waals surface area contributed by atoms with E-state index in [1.54, 1.807) is 42.5 Å². The number of nitrogens with one attached hydrogen (secondary N) is 1. The summed E-state index contributed by atoms with van der Waals surface area (Å²) in [7, 11) is -3.39. The van der Waals surface area contributed by atoms with E-state index < -0.39 is 10.0 Å². The highest BCUT2D eigenvalue weighted by Crippen LogP contribution is 2.35. The summed E-state index contributed by atoms with van der Waals surface area (Å²) in [6, 6.07) is 11.5. The molecule has 0 aliphatic rings. The van der Waals surface area contributed by atoms with Crippen molar-refractivity contribution in [2.75, 3.05) is 11.0 Å². The van der Waals surface area contributed by atoms with Gasteiger partial charge in [0, 0.05) is 5.02 Å². The molecular formula is C13H11Cl2NO3S. The number of ether oxygens (including phenoxy) is 1. The zero-order chi connectivity index (χ0) is 14.8. The summed E-state index contributed by atoms with van der Waals surface area (Å²) >= 11 is 11.8. The summed E-state index contributed by atoms with van der Waals surface area (Å²) in [6.45, 7) is 0. The molecule has 2 rings (SSSR count). The Morgan fingerprint density at radius 3 is 2.40 bits per heavy atom. The highest BCUT2D eigenvalue weighted by atomic mass is 35.5. The fourth-order valence-corrected chi connectivity index (χ4v) is 2.53. The van der Waals surface area contributed by atoms with Crippen LogP contribution in [-0.2, 0) is 10.0 Å². The van der Waals surface area contributed by atoms with Crippen molar-refractivity contribution < 1.29 is 13.2 Å². The molecule has 0 fully saturated rings. The molecule has 0 aliphatic heterocycles. The van der Waals surface area contributed by atoms with Crippen molar-refractivity contribution in [2.24, 2.45) is 0 Å². The highest BCUT2D eigenvalue weighted by Gasteiger charge is 2.10. The molecule has 7 heteroatoms. The maximum atomic E-state index is 11.3. The first-order valence-electron chi connectivity index (χ1n) is 5.55. The molecule has 1 N–H and O–H groups in total. The van der Waals surface area contributed by atoms with Crippen molar-refractivity contribution >= 4 is 38.9 Å². The van der Waals surface area contributed by atoms with Gasteiger partial charge in [-0.05, 0) is 30.3 Å². The third kappa shape index (κ3) is 4.03. The topological polar surface area (TPSA) is 55.4 Å². The molecule has 4 nitrogen and oxygen atoms in total. The second-order valence-corrected chi connectivity index (χ2v) is 6.64. The quantitative estimate of drug-likeness (QED) is 0.915. The summed E-state index contributed by atoms with van der Waals surface area (Å²) in [5, 5.41) is 0.830. The number of rotatable bonds is 4. The van der Waals surface area contributed by atoms with E-state index in [-0.39, 0.29) is 0 Å². The van der Waals surface area contributed by atoms with Crippen LogP contribution in [0.3, 0.4) is 0 Å². The van der Waals surface area contributed by atoms with Crippen LogP contribution >= 0.6 is 23.2 Å². The van der Waals surface area contributed by atoms with Crippen LogP contribution in [0.4, 0.5) is 5.69 Å². The van der Waals surface area contributed by atoms with E-state index in [2.05, 4.69) is 4.72 Å². The molecule has 0 saturated heterocycles. The van der Waals surface area contributed by atoms with Gasteiger partial charge in [0.2, 0.25) is 10.0 Å². The number of sulfonamides is 1. The Morgan fingerprint density at radius 2 is 1.75 bits per heavy atom. The molecule has 0 heterocycles. The van der Waals surface area contributed by atoms with Gasteiger partial charge in [0.05, 0.1) is 17.0 Å². The Morgan fingerprint density at radius 1 is 1.05 bits per heavy atom. The van der Waals surface area contributed by atoms with Gasteiger partial charge in [0.1, 0.15) is 5.75 Å². The van der Waals surface area contributed by atoms with Gasteiger partial charge in [0.25, 0.3) is 0 Å². The second kappa shape index (κ2) is 5.91. The molecule has 2 aromatic carbocycles. The molecule has 0 amide bonds. The lowest BCUT2D eigenvalue weighted by molar-refractivity contribution is 0.485. The Bertz CT molecular complexity index is 732. The highest BCUT2D eigenvalue weighted by molar-refractivity contribution is 7.92. The maximum absolute atomic E-state index is 11.3. The van der Waals surface area contributed by atoms with Crippen LogP contribution in [0.5, 0.6) is 11.5 Å². The molecular weight excluding hydrogens is 321 g/mol. The number of benzene rings is 2. The van der Waals surface area contributed by atoms with Crippen LogP contribution in [0, 0.1) is 0 Å². The van der Waals surface area contributed by atoms with Crippen LogP contribution in [0.1, 0.15) is 0 Å². The third-order valence-corrected chi connectivity index (χ3v) is 3.42. The number of halogens is 2. The Labute approximate surface area is 127 Å². The molecule has 0 saturated carbocycles. The van der Waals surface area contributed by atoms with Gasteiger partial charge in [-0.3, -0.25) is 4.72 Å². The van der Waals surface area contributed by atoms with Crippen LogP contribution in [0.25, 0.3) is 0 Å². The van der Waals surface area contributed by atoms with Gasteiger partial charge in [-0.1, -0.05) is 35.3 Å². The molecule has 20 heavy (non-hydrogen) atoms. The number of hydrogen-bond acceptors (Lipinski definition) is 3. The van der Waals surface area contributed by atoms with Gasteiger partial charge >= 0.3 is 0 Å². The van der Waals surface area contributed by atoms with E-state index in [1.165, 1.54) is 0 Å². The van der Waals surface area contributed by atoms with E-state index in [0.717, 1.165) is 6.26 Å². The van der Waals surface area contributed by atoms with Gasteiger partial charge in [0.15, 0.2) is 5.75 Å².